The molecule has 0 bridgehead atoms. The number of aliphatic hydroxyl groups excluding tert-OH is 1. The van der Waals surface area contributed by atoms with Gasteiger partial charge in [0.25, 0.3) is 0 Å². The van der Waals surface area contributed by atoms with Gasteiger partial charge in [0, 0.05) is 5.56 Å². The number of rotatable bonds is 0. The number of aliphatic hydroxyl groups is 1. The topological polar surface area (TPSA) is 107 Å². The summed E-state index contributed by atoms with van der Waals surface area (Å²) in [4.78, 5) is 12.1. The van der Waals surface area contributed by atoms with Gasteiger partial charge in [-0.2, -0.15) is 0 Å². The van der Waals surface area contributed by atoms with Crippen LogP contribution in [0.5, 0.6) is 23.0 Å². The molecule has 0 radical (unpaired) electrons. The van der Waals surface area contributed by atoms with Gasteiger partial charge in [-0.05, 0) is 36.8 Å². The lowest BCUT2D eigenvalue weighted by Crippen LogP contribution is -2.10. The van der Waals surface area contributed by atoms with E-state index < -0.39 is 17.8 Å². The Morgan fingerprint density at radius 3 is 2.38 bits per heavy atom. The van der Waals surface area contributed by atoms with Crippen molar-refractivity contribution in [2.45, 2.75) is 13.0 Å². The minimum atomic E-state index is -1.51. The van der Waals surface area contributed by atoms with E-state index in [1.165, 1.54) is 12.1 Å². The summed E-state index contributed by atoms with van der Waals surface area (Å²) in [5, 5.41) is 40.2. The zero-order valence-corrected chi connectivity index (χ0v) is 11.0. The van der Waals surface area contributed by atoms with Crippen LogP contribution in [0.2, 0.25) is 0 Å². The highest BCUT2D eigenvalue weighted by molar-refractivity contribution is 5.97. The van der Waals surface area contributed by atoms with Crippen LogP contribution < -0.4 is 4.74 Å². The van der Waals surface area contributed by atoms with E-state index in [0.717, 1.165) is 12.1 Å². The lowest BCUT2D eigenvalue weighted by atomic mass is 9.94. The van der Waals surface area contributed by atoms with Crippen molar-refractivity contribution in [1.29, 1.82) is 0 Å². The number of phenolic OH excluding ortho intramolecular Hbond substituents is 3. The maximum Gasteiger partial charge on any atom is 0.347 e. The van der Waals surface area contributed by atoms with Crippen molar-refractivity contribution in [1.82, 2.24) is 0 Å². The van der Waals surface area contributed by atoms with E-state index in [2.05, 4.69) is 0 Å². The molecule has 0 aliphatic carbocycles. The van der Waals surface area contributed by atoms with E-state index in [-0.39, 0.29) is 33.9 Å². The molecule has 0 saturated heterocycles. The third-order valence-corrected chi connectivity index (χ3v) is 3.42. The van der Waals surface area contributed by atoms with Crippen molar-refractivity contribution in [3.05, 3.63) is 46.5 Å². The predicted molar refractivity (Wildman–Crippen MR) is 71.6 cm³/mol. The molecule has 1 aliphatic heterocycles. The van der Waals surface area contributed by atoms with Gasteiger partial charge in [0.05, 0.1) is 5.56 Å². The summed E-state index contributed by atoms with van der Waals surface area (Å²) in [6.07, 6.45) is -1.51. The Morgan fingerprint density at radius 2 is 1.67 bits per heavy atom. The maximum absolute atomic E-state index is 12.1. The Morgan fingerprint density at radius 1 is 1.00 bits per heavy atom. The molecule has 3 rings (SSSR count). The molecule has 108 valence electrons. The molecule has 0 spiro atoms. The number of carbonyl (C=O) groups is 1. The molecule has 0 unspecified atom stereocenters. The first kappa shape index (κ1) is 13.3. The average molecular weight is 288 g/mol. The number of phenols is 3. The van der Waals surface area contributed by atoms with Crippen LogP contribution in [0.1, 0.15) is 33.2 Å². The highest BCUT2D eigenvalue weighted by Crippen LogP contribution is 2.46. The molecular formula is C15H12O6. The monoisotopic (exact) mass is 288 g/mol. The lowest BCUT2D eigenvalue weighted by molar-refractivity contribution is 0.0732. The fraction of sp³-hybridized carbons (Fsp3) is 0.133. The Bertz CT molecular complexity index is 765. The Labute approximate surface area is 119 Å². The second-order valence-electron chi connectivity index (χ2n) is 4.88. The summed E-state index contributed by atoms with van der Waals surface area (Å²) in [6, 6.07) is 5.17. The van der Waals surface area contributed by atoms with Gasteiger partial charge < -0.3 is 25.2 Å². The number of benzene rings is 2. The van der Waals surface area contributed by atoms with Crippen LogP contribution in [-0.4, -0.2) is 26.4 Å². The summed E-state index contributed by atoms with van der Waals surface area (Å²) in [7, 11) is 0. The normalized spacial score (nSPS) is 16.7. The molecule has 6 nitrogen and oxygen atoms in total. The van der Waals surface area contributed by atoms with Gasteiger partial charge in [0.15, 0.2) is 0 Å². The van der Waals surface area contributed by atoms with Gasteiger partial charge >= 0.3 is 5.97 Å². The molecule has 0 saturated carbocycles. The second kappa shape index (κ2) is 4.39. The summed E-state index contributed by atoms with van der Waals surface area (Å²) < 4.78 is 5.12. The molecule has 2 aromatic rings. The van der Waals surface area contributed by atoms with E-state index in [0.29, 0.717) is 5.56 Å². The van der Waals surface area contributed by atoms with Gasteiger partial charge in [-0.25, -0.2) is 4.79 Å². The number of fused-ring (bicyclic) bond motifs is 2. The van der Waals surface area contributed by atoms with Gasteiger partial charge in [-0.15, -0.1) is 0 Å². The van der Waals surface area contributed by atoms with Crippen LogP contribution in [0.4, 0.5) is 0 Å². The van der Waals surface area contributed by atoms with Crippen LogP contribution in [0.25, 0.3) is 0 Å². The van der Waals surface area contributed by atoms with Crippen LogP contribution in [0.3, 0.4) is 0 Å². The second-order valence-corrected chi connectivity index (χ2v) is 4.88. The minimum Gasteiger partial charge on any atom is -0.508 e. The SMILES string of the molecule is Cc1cc(O)c2c(c1)OC(=O)c1c(O)ccc(O)c1[C@H]2O. The van der Waals surface area contributed by atoms with Crippen molar-refractivity contribution >= 4 is 5.97 Å². The lowest BCUT2D eigenvalue weighted by Gasteiger charge is -2.15. The molecule has 4 N–H and O–H groups in total. The summed E-state index contributed by atoms with van der Waals surface area (Å²) >= 11 is 0. The molecule has 1 heterocycles. The van der Waals surface area contributed by atoms with Gasteiger partial charge in [-0.1, -0.05) is 0 Å². The first-order valence-electron chi connectivity index (χ1n) is 6.18. The number of ether oxygens (including phenoxy) is 1. The van der Waals surface area contributed by atoms with Crippen LogP contribution in [0.15, 0.2) is 24.3 Å². The highest BCUT2D eigenvalue weighted by Gasteiger charge is 2.34. The zero-order chi connectivity index (χ0) is 15.3. The minimum absolute atomic E-state index is 0.0139. The quantitative estimate of drug-likeness (QED) is 0.334. The molecular weight excluding hydrogens is 276 g/mol. The Kier molecular flexibility index (Phi) is 2.77. The smallest absolute Gasteiger partial charge is 0.347 e. The first-order valence-corrected chi connectivity index (χ1v) is 6.18. The van der Waals surface area contributed by atoms with Crippen molar-refractivity contribution < 1.29 is 30.0 Å². The number of aromatic hydroxyl groups is 3. The number of hydrogen-bond donors (Lipinski definition) is 4. The average Bonchev–Trinajstić information content (AvgIpc) is 2.49. The standard InChI is InChI=1S/C15H12O6/c1-6-4-9(18)11-10(5-6)21-15(20)13-8(17)3-2-7(16)12(13)14(11)19/h2-5,14,16-19H,1H3/t14-/m0/s1. The fourth-order valence-electron chi connectivity index (χ4n) is 2.49. The van der Waals surface area contributed by atoms with Crippen molar-refractivity contribution in [2.75, 3.05) is 0 Å². The summed E-state index contributed by atoms with van der Waals surface area (Å²) in [6.45, 7) is 1.69. The number of carbonyl (C=O) groups excluding carboxylic acids is 1. The molecule has 21 heavy (non-hydrogen) atoms. The number of hydrogen-bond acceptors (Lipinski definition) is 6. The van der Waals surface area contributed by atoms with Crippen LogP contribution >= 0.6 is 0 Å². The van der Waals surface area contributed by atoms with Gasteiger partial charge in [0.1, 0.15) is 34.7 Å². The third-order valence-electron chi connectivity index (χ3n) is 3.42. The molecule has 2 aromatic carbocycles. The van der Waals surface area contributed by atoms with Crippen molar-refractivity contribution in [3.63, 3.8) is 0 Å². The first-order chi connectivity index (χ1) is 9.90. The highest BCUT2D eigenvalue weighted by atomic mass is 16.5. The number of esters is 1. The zero-order valence-electron chi connectivity index (χ0n) is 11.0. The van der Waals surface area contributed by atoms with Crippen LogP contribution in [0, 0.1) is 6.92 Å². The summed E-state index contributed by atoms with van der Waals surface area (Å²) in [5.74, 6) is -1.99. The van der Waals surface area contributed by atoms with E-state index >= 15 is 0 Å². The van der Waals surface area contributed by atoms with Gasteiger partial charge in [0.2, 0.25) is 0 Å². The van der Waals surface area contributed by atoms with E-state index in [1.54, 1.807) is 6.92 Å². The maximum atomic E-state index is 12.1. The largest absolute Gasteiger partial charge is 0.508 e. The molecule has 0 amide bonds. The van der Waals surface area contributed by atoms with Crippen molar-refractivity contribution in [3.8, 4) is 23.0 Å². The van der Waals surface area contributed by atoms with E-state index in [1.807, 2.05) is 0 Å². The van der Waals surface area contributed by atoms with Gasteiger partial charge in [-0.3, -0.25) is 0 Å². The molecule has 1 aliphatic rings. The molecule has 0 fully saturated rings. The van der Waals surface area contributed by atoms with Crippen molar-refractivity contribution in [2.24, 2.45) is 0 Å². The van der Waals surface area contributed by atoms with E-state index in [4.69, 9.17) is 4.74 Å². The Hall–Kier alpha value is -2.73. The number of aryl methyl sites for hydroxylation is 1. The fourth-order valence-corrected chi connectivity index (χ4v) is 2.49. The third kappa shape index (κ3) is 1.88. The molecule has 6 heteroatoms. The molecule has 0 aromatic heterocycles. The van der Waals surface area contributed by atoms with Crippen LogP contribution in [-0.2, 0) is 0 Å². The molecule has 1 atom stereocenters. The summed E-state index contributed by atoms with van der Waals surface area (Å²) in [5.41, 5.74) is 0.0768. The Balaban J connectivity index is 2.36. The predicted octanol–water partition coefficient (Wildman–Crippen LogP) is 1.73. The van der Waals surface area contributed by atoms with E-state index in [9.17, 15) is 25.2 Å².